The maximum atomic E-state index is 9.02. The van der Waals surface area contributed by atoms with Crippen LogP contribution in [0.25, 0.3) is 0 Å². The molecule has 2 atom stereocenters. The third-order valence-electron chi connectivity index (χ3n) is 2.83. The van der Waals surface area contributed by atoms with Crippen molar-refractivity contribution in [3.8, 4) is 0 Å². The molecule has 16 heavy (non-hydrogen) atoms. The standard InChI is InChI=1S/C13H23NOS/c1-10(2)13(6-7-15)14-11(3)9-12-5-4-8-16-12/h4-5,8,10-11,13-15H,6-7,9H2,1-3H3. The van der Waals surface area contributed by atoms with Crippen LogP contribution in [0.5, 0.6) is 0 Å². The summed E-state index contributed by atoms with van der Waals surface area (Å²) in [5, 5.41) is 14.7. The molecule has 2 nitrogen and oxygen atoms in total. The molecule has 92 valence electrons. The minimum absolute atomic E-state index is 0.265. The summed E-state index contributed by atoms with van der Waals surface area (Å²) in [5.41, 5.74) is 0. The van der Waals surface area contributed by atoms with Gasteiger partial charge in [-0.15, -0.1) is 11.3 Å². The van der Waals surface area contributed by atoms with Crippen molar-refractivity contribution < 1.29 is 5.11 Å². The smallest absolute Gasteiger partial charge is 0.0445 e. The predicted molar refractivity (Wildman–Crippen MR) is 70.9 cm³/mol. The molecular weight excluding hydrogens is 218 g/mol. The molecule has 0 spiro atoms. The lowest BCUT2D eigenvalue weighted by molar-refractivity contribution is 0.236. The summed E-state index contributed by atoms with van der Waals surface area (Å²) in [4.78, 5) is 1.42. The van der Waals surface area contributed by atoms with E-state index in [-0.39, 0.29) is 6.61 Å². The SMILES string of the molecule is CC(Cc1cccs1)NC(CCO)C(C)C. The van der Waals surface area contributed by atoms with E-state index in [1.54, 1.807) is 0 Å². The molecule has 3 heteroatoms. The Labute approximate surface area is 103 Å². The molecule has 2 unspecified atom stereocenters. The van der Waals surface area contributed by atoms with Gasteiger partial charge in [0, 0.05) is 23.6 Å². The van der Waals surface area contributed by atoms with Gasteiger partial charge in [0.05, 0.1) is 0 Å². The summed E-state index contributed by atoms with van der Waals surface area (Å²) in [6, 6.07) is 5.16. The lowest BCUT2D eigenvalue weighted by atomic mass is 10.00. The molecule has 1 aromatic heterocycles. The fourth-order valence-corrected chi connectivity index (χ4v) is 2.74. The number of hydrogen-bond donors (Lipinski definition) is 2. The Morgan fingerprint density at radius 3 is 2.62 bits per heavy atom. The highest BCUT2D eigenvalue weighted by molar-refractivity contribution is 7.09. The third-order valence-corrected chi connectivity index (χ3v) is 3.73. The fraction of sp³-hybridized carbons (Fsp3) is 0.692. The highest BCUT2D eigenvalue weighted by atomic mass is 32.1. The van der Waals surface area contributed by atoms with Gasteiger partial charge in [0.15, 0.2) is 0 Å². The van der Waals surface area contributed by atoms with E-state index in [2.05, 4.69) is 43.6 Å². The Hall–Kier alpha value is -0.380. The molecule has 1 aromatic rings. The van der Waals surface area contributed by atoms with E-state index in [1.807, 2.05) is 11.3 Å². The molecule has 1 heterocycles. The first-order valence-corrected chi connectivity index (χ1v) is 6.90. The van der Waals surface area contributed by atoms with Crippen LogP contribution in [0.4, 0.5) is 0 Å². The monoisotopic (exact) mass is 241 g/mol. The quantitative estimate of drug-likeness (QED) is 0.769. The molecule has 1 rings (SSSR count). The molecule has 0 aliphatic rings. The molecule has 0 saturated carbocycles. The number of hydrogen-bond acceptors (Lipinski definition) is 3. The predicted octanol–water partition coefficient (Wildman–Crippen LogP) is 2.68. The minimum Gasteiger partial charge on any atom is -0.396 e. The molecular formula is C13H23NOS. The molecule has 0 aliphatic heterocycles. The van der Waals surface area contributed by atoms with E-state index in [9.17, 15) is 0 Å². The summed E-state index contributed by atoms with van der Waals surface area (Å²) in [6.07, 6.45) is 1.92. The average molecular weight is 241 g/mol. The van der Waals surface area contributed by atoms with Crippen LogP contribution in [0.3, 0.4) is 0 Å². The summed E-state index contributed by atoms with van der Waals surface area (Å²) in [6.45, 7) is 6.88. The van der Waals surface area contributed by atoms with Crippen molar-refractivity contribution in [3.63, 3.8) is 0 Å². The molecule has 2 N–H and O–H groups in total. The van der Waals surface area contributed by atoms with Crippen LogP contribution in [0.1, 0.15) is 32.1 Å². The van der Waals surface area contributed by atoms with Gasteiger partial charge in [-0.25, -0.2) is 0 Å². The lowest BCUT2D eigenvalue weighted by Gasteiger charge is -2.25. The second-order valence-electron chi connectivity index (χ2n) is 4.71. The Morgan fingerprint density at radius 2 is 2.12 bits per heavy atom. The van der Waals surface area contributed by atoms with Crippen LogP contribution >= 0.6 is 11.3 Å². The van der Waals surface area contributed by atoms with Gasteiger partial charge < -0.3 is 10.4 Å². The van der Waals surface area contributed by atoms with Crippen molar-refractivity contribution in [2.45, 2.75) is 45.7 Å². The summed E-state index contributed by atoms with van der Waals surface area (Å²) in [5.74, 6) is 0.568. The van der Waals surface area contributed by atoms with Gasteiger partial charge in [-0.2, -0.15) is 0 Å². The van der Waals surface area contributed by atoms with E-state index >= 15 is 0 Å². The summed E-state index contributed by atoms with van der Waals surface area (Å²) >= 11 is 1.81. The first kappa shape index (κ1) is 13.7. The normalized spacial score (nSPS) is 15.3. The molecule has 0 aromatic carbocycles. The molecule has 0 aliphatic carbocycles. The van der Waals surface area contributed by atoms with Gasteiger partial charge in [0.25, 0.3) is 0 Å². The highest BCUT2D eigenvalue weighted by Crippen LogP contribution is 2.13. The van der Waals surface area contributed by atoms with E-state index in [0.29, 0.717) is 18.0 Å². The molecule has 0 bridgehead atoms. The lowest BCUT2D eigenvalue weighted by Crippen LogP contribution is -2.41. The number of aliphatic hydroxyl groups is 1. The van der Waals surface area contributed by atoms with Gasteiger partial charge in [0.2, 0.25) is 0 Å². The number of rotatable bonds is 7. The van der Waals surface area contributed by atoms with Crippen molar-refractivity contribution in [2.24, 2.45) is 5.92 Å². The zero-order valence-electron chi connectivity index (χ0n) is 10.4. The maximum absolute atomic E-state index is 9.02. The third kappa shape index (κ3) is 4.64. The van der Waals surface area contributed by atoms with Crippen molar-refractivity contribution in [1.29, 1.82) is 0 Å². The number of nitrogens with one attached hydrogen (secondary N) is 1. The largest absolute Gasteiger partial charge is 0.396 e. The van der Waals surface area contributed by atoms with Crippen molar-refractivity contribution >= 4 is 11.3 Å². The van der Waals surface area contributed by atoms with Crippen LogP contribution in [0.15, 0.2) is 17.5 Å². The Morgan fingerprint density at radius 1 is 1.38 bits per heavy atom. The molecule has 0 amide bonds. The highest BCUT2D eigenvalue weighted by Gasteiger charge is 2.15. The van der Waals surface area contributed by atoms with Crippen LogP contribution in [-0.4, -0.2) is 23.8 Å². The summed E-state index contributed by atoms with van der Waals surface area (Å²) < 4.78 is 0. The van der Waals surface area contributed by atoms with E-state index in [0.717, 1.165) is 12.8 Å². The van der Waals surface area contributed by atoms with Gasteiger partial charge in [0.1, 0.15) is 0 Å². The van der Waals surface area contributed by atoms with Crippen LogP contribution in [0.2, 0.25) is 0 Å². The van der Waals surface area contributed by atoms with Gasteiger partial charge in [-0.05, 0) is 37.1 Å². The second-order valence-corrected chi connectivity index (χ2v) is 5.75. The van der Waals surface area contributed by atoms with E-state index < -0.39 is 0 Å². The average Bonchev–Trinajstić information content (AvgIpc) is 2.69. The van der Waals surface area contributed by atoms with Gasteiger partial charge in [-0.1, -0.05) is 19.9 Å². The Kier molecular flexibility index (Phi) is 6.03. The molecule has 0 saturated heterocycles. The zero-order chi connectivity index (χ0) is 12.0. The van der Waals surface area contributed by atoms with Crippen LogP contribution in [0, 0.1) is 5.92 Å². The minimum atomic E-state index is 0.265. The Bertz CT molecular complexity index is 271. The van der Waals surface area contributed by atoms with Crippen LogP contribution in [-0.2, 0) is 6.42 Å². The van der Waals surface area contributed by atoms with Crippen molar-refractivity contribution in [2.75, 3.05) is 6.61 Å². The van der Waals surface area contributed by atoms with Gasteiger partial charge >= 0.3 is 0 Å². The topological polar surface area (TPSA) is 32.3 Å². The van der Waals surface area contributed by atoms with Gasteiger partial charge in [-0.3, -0.25) is 0 Å². The van der Waals surface area contributed by atoms with Crippen LogP contribution < -0.4 is 5.32 Å². The molecule has 0 radical (unpaired) electrons. The number of aliphatic hydroxyl groups excluding tert-OH is 1. The summed E-state index contributed by atoms with van der Waals surface area (Å²) in [7, 11) is 0. The van der Waals surface area contributed by atoms with Crippen molar-refractivity contribution in [3.05, 3.63) is 22.4 Å². The zero-order valence-corrected chi connectivity index (χ0v) is 11.3. The first-order chi connectivity index (χ1) is 7.63. The van der Waals surface area contributed by atoms with E-state index in [4.69, 9.17) is 5.11 Å². The maximum Gasteiger partial charge on any atom is 0.0445 e. The van der Waals surface area contributed by atoms with Crippen molar-refractivity contribution in [1.82, 2.24) is 5.32 Å². The molecule has 0 fully saturated rings. The number of thiophene rings is 1. The second kappa shape index (κ2) is 7.05. The fourth-order valence-electron chi connectivity index (χ4n) is 1.90. The first-order valence-electron chi connectivity index (χ1n) is 6.02. The van der Waals surface area contributed by atoms with E-state index in [1.165, 1.54) is 4.88 Å². The Balaban J connectivity index is 2.39.